The molecule has 1 aromatic heterocycles. The third-order valence-electron chi connectivity index (χ3n) is 7.48. The second kappa shape index (κ2) is 13.8. The maximum absolute atomic E-state index is 13.8. The number of carbonyl (C=O) groups is 1. The Hall–Kier alpha value is -2.64. The Morgan fingerprint density at radius 3 is 2.84 bits per heavy atom. The van der Waals surface area contributed by atoms with Crippen molar-refractivity contribution in [1.82, 2.24) is 9.88 Å². The van der Waals surface area contributed by atoms with Crippen molar-refractivity contribution < 1.29 is 19.0 Å². The molecule has 0 amide bonds. The number of halogens is 1. The summed E-state index contributed by atoms with van der Waals surface area (Å²) in [4.78, 5) is 19.0. The Bertz CT molecular complexity index is 1170. The summed E-state index contributed by atoms with van der Waals surface area (Å²) in [6, 6.07) is 15.0. The third kappa shape index (κ3) is 7.92. The summed E-state index contributed by atoms with van der Waals surface area (Å²) in [7, 11) is 1.68. The molecular weight excluding hydrogens is 487 g/mol. The van der Waals surface area contributed by atoms with E-state index in [-0.39, 0.29) is 12.2 Å². The fourth-order valence-corrected chi connectivity index (χ4v) is 6.36. The molecule has 0 spiro atoms. The molecule has 1 N–H and O–H groups in total. The van der Waals surface area contributed by atoms with Crippen molar-refractivity contribution in [3.8, 4) is 5.75 Å². The largest absolute Gasteiger partial charge is 0.497 e. The Morgan fingerprint density at radius 1 is 1.16 bits per heavy atom. The van der Waals surface area contributed by atoms with Crippen LogP contribution in [0.3, 0.4) is 0 Å². The second-order valence-electron chi connectivity index (χ2n) is 9.92. The fraction of sp³-hybridized carbons (Fsp3) is 0.467. The molecule has 5 nitrogen and oxygen atoms in total. The molecular formula is C30H37FN2O3S. The van der Waals surface area contributed by atoms with Gasteiger partial charge in [0.15, 0.2) is 0 Å². The number of hydrogen-bond donors (Lipinski definition) is 1. The molecule has 1 saturated heterocycles. The van der Waals surface area contributed by atoms with E-state index in [1.54, 1.807) is 24.9 Å². The van der Waals surface area contributed by atoms with E-state index in [0.29, 0.717) is 16.7 Å². The maximum atomic E-state index is 13.8. The molecule has 0 aliphatic carbocycles. The first-order valence-corrected chi connectivity index (χ1v) is 14.2. The standard InChI is InChI=1S/C30H37FN2O3S/c1-36-25-11-12-28-26(20-25)23(14-16-32-28)7-4-6-22-15-18-33(21-24(22)10-13-30(34)35)17-5-19-37-29-9-3-2-8-27(29)31/h2-3,8-9,11-12,14,16,20,22,24H,4-7,10,13,15,17-19,21H2,1H3,(H,34,35). The van der Waals surface area contributed by atoms with Crippen LogP contribution in [0.5, 0.6) is 5.75 Å². The lowest BCUT2D eigenvalue weighted by atomic mass is 9.79. The van der Waals surface area contributed by atoms with E-state index in [1.165, 1.54) is 11.6 Å². The van der Waals surface area contributed by atoms with E-state index < -0.39 is 5.97 Å². The van der Waals surface area contributed by atoms with E-state index in [9.17, 15) is 14.3 Å². The first-order valence-electron chi connectivity index (χ1n) is 13.3. The Labute approximate surface area is 223 Å². The molecule has 1 aliphatic rings. The van der Waals surface area contributed by atoms with Gasteiger partial charge in [0.25, 0.3) is 0 Å². The van der Waals surface area contributed by atoms with Gasteiger partial charge in [0, 0.05) is 29.4 Å². The average molecular weight is 525 g/mol. The highest BCUT2D eigenvalue weighted by Crippen LogP contribution is 2.33. The van der Waals surface area contributed by atoms with E-state index in [2.05, 4.69) is 22.0 Å². The van der Waals surface area contributed by atoms with Gasteiger partial charge >= 0.3 is 5.97 Å². The molecule has 0 radical (unpaired) electrons. The summed E-state index contributed by atoms with van der Waals surface area (Å²) in [6.45, 7) is 2.98. The van der Waals surface area contributed by atoms with Crippen LogP contribution in [-0.4, -0.2) is 53.5 Å². The highest BCUT2D eigenvalue weighted by Gasteiger charge is 2.29. The number of nitrogens with zero attached hydrogens (tertiary/aromatic N) is 2. The van der Waals surface area contributed by atoms with Crippen molar-refractivity contribution in [3.05, 3.63) is 66.1 Å². The number of carboxylic acids is 1. The predicted molar refractivity (Wildman–Crippen MR) is 148 cm³/mol. The van der Waals surface area contributed by atoms with E-state index in [0.717, 1.165) is 80.6 Å². The molecule has 0 saturated carbocycles. The van der Waals surface area contributed by atoms with Crippen molar-refractivity contribution >= 4 is 28.6 Å². The number of benzene rings is 2. The van der Waals surface area contributed by atoms with Gasteiger partial charge in [0.1, 0.15) is 11.6 Å². The van der Waals surface area contributed by atoms with E-state index in [1.807, 2.05) is 30.5 Å². The molecule has 7 heteroatoms. The summed E-state index contributed by atoms with van der Waals surface area (Å²) in [5.74, 6) is 1.81. The molecule has 0 bridgehead atoms. The zero-order chi connectivity index (χ0) is 26.0. The first kappa shape index (κ1) is 27.4. The number of ether oxygens (including phenoxy) is 1. The smallest absolute Gasteiger partial charge is 0.303 e. The second-order valence-corrected chi connectivity index (χ2v) is 11.1. The number of piperidine rings is 1. The van der Waals surface area contributed by atoms with Gasteiger partial charge in [-0.3, -0.25) is 9.78 Å². The molecule has 2 unspecified atom stereocenters. The quantitative estimate of drug-likeness (QED) is 0.199. The third-order valence-corrected chi connectivity index (χ3v) is 8.61. The Balaban J connectivity index is 1.28. The summed E-state index contributed by atoms with van der Waals surface area (Å²) < 4.78 is 19.3. The molecule has 1 aliphatic heterocycles. The molecule has 2 aromatic carbocycles. The summed E-state index contributed by atoms with van der Waals surface area (Å²) >= 11 is 1.57. The summed E-state index contributed by atoms with van der Waals surface area (Å²) in [6.07, 6.45) is 8.10. The Kier molecular flexibility index (Phi) is 10.2. The first-order chi connectivity index (χ1) is 18.0. The van der Waals surface area contributed by atoms with Crippen molar-refractivity contribution in [3.63, 3.8) is 0 Å². The van der Waals surface area contributed by atoms with Gasteiger partial charge in [-0.25, -0.2) is 4.39 Å². The van der Waals surface area contributed by atoms with Gasteiger partial charge in [0.2, 0.25) is 0 Å². The zero-order valence-corrected chi connectivity index (χ0v) is 22.4. The number of likely N-dealkylation sites (tertiary alicyclic amines) is 1. The molecule has 2 heterocycles. The number of pyridine rings is 1. The van der Waals surface area contributed by atoms with Crippen LogP contribution in [0.1, 0.15) is 44.1 Å². The molecule has 3 aromatic rings. The van der Waals surface area contributed by atoms with Crippen LogP contribution in [-0.2, 0) is 11.2 Å². The van der Waals surface area contributed by atoms with Crippen LogP contribution >= 0.6 is 11.8 Å². The lowest BCUT2D eigenvalue weighted by molar-refractivity contribution is -0.137. The molecule has 198 valence electrons. The number of rotatable bonds is 13. The number of fused-ring (bicyclic) bond motifs is 1. The Morgan fingerprint density at radius 2 is 2.03 bits per heavy atom. The normalized spacial score (nSPS) is 18.2. The molecule has 4 rings (SSSR count). The zero-order valence-electron chi connectivity index (χ0n) is 21.6. The highest BCUT2D eigenvalue weighted by atomic mass is 32.2. The van der Waals surface area contributed by atoms with Gasteiger partial charge in [0.05, 0.1) is 12.6 Å². The van der Waals surface area contributed by atoms with Crippen LogP contribution in [0.4, 0.5) is 4.39 Å². The molecule has 1 fully saturated rings. The average Bonchev–Trinajstić information content (AvgIpc) is 2.91. The predicted octanol–water partition coefficient (Wildman–Crippen LogP) is 6.69. The SMILES string of the molecule is COc1ccc2nccc(CCCC3CCN(CCCSc4ccccc4F)CC3CCC(=O)O)c2c1. The van der Waals surface area contributed by atoms with Crippen LogP contribution in [0.2, 0.25) is 0 Å². The van der Waals surface area contributed by atoms with Gasteiger partial charge < -0.3 is 14.7 Å². The summed E-state index contributed by atoms with van der Waals surface area (Å²) in [5, 5.41) is 10.5. The van der Waals surface area contributed by atoms with Crippen molar-refractivity contribution in [2.45, 2.75) is 49.8 Å². The lowest BCUT2D eigenvalue weighted by Crippen LogP contribution is -2.41. The van der Waals surface area contributed by atoms with Gasteiger partial charge in [-0.1, -0.05) is 12.1 Å². The summed E-state index contributed by atoms with van der Waals surface area (Å²) in [5.41, 5.74) is 2.27. The van der Waals surface area contributed by atoms with Crippen LogP contribution in [0.15, 0.2) is 59.6 Å². The van der Waals surface area contributed by atoms with Gasteiger partial charge in [-0.05, 0) is 111 Å². The minimum absolute atomic E-state index is 0.152. The van der Waals surface area contributed by atoms with E-state index in [4.69, 9.17) is 4.74 Å². The molecule has 2 atom stereocenters. The lowest BCUT2D eigenvalue weighted by Gasteiger charge is -2.39. The van der Waals surface area contributed by atoms with Crippen LogP contribution < -0.4 is 4.74 Å². The fourth-order valence-electron chi connectivity index (χ4n) is 5.49. The van der Waals surface area contributed by atoms with Crippen molar-refractivity contribution in [1.29, 1.82) is 0 Å². The number of carboxylic acid groups (broad SMARTS) is 1. The number of methoxy groups -OCH3 is 1. The minimum atomic E-state index is -0.714. The number of hydrogen-bond acceptors (Lipinski definition) is 5. The molecule has 37 heavy (non-hydrogen) atoms. The number of aliphatic carboxylic acids is 1. The highest BCUT2D eigenvalue weighted by molar-refractivity contribution is 7.99. The minimum Gasteiger partial charge on any atom is -0.497 e. The maximum Gasteiger partial charge on any atom is 0.303 e. The topological polar surface area (TPSA) is 62.7 Å². The van der Waals surface area contributed by atoms with E-state index >= 15 is 0 Å². The van der Waals surface area contributed by atoms with Gasteiger partial charge in [-0.2, -0.15) is 0 Å². The number of aromatic nitrogens is 1. The van der Waals surface area contributed by atoms with Crippen molar-refractivity contribution in [2.24, 2.45) is 11.8 Å². The van der Waals surface area contributed by atoms with Crippen LogP contribution in [0.25, 0.3) is 10.9 Å². The van der Waals surface area contributed by atoms with Crippen LogP contribution in [0, 0.1) is 17.7 Å². The number of thioether (sulfide) groups is 1. The van der Waals surface area contributed by atoms with Crippen molar-refractivity contribution in [2.75, 3.05) is 32.5 Å². The van der Waals surface area contributed by atoms with Gasteiger partial charge in [-0.15, -0.1) is 11.8 Å². The monoisotopic (exact) mass is 524 g/mol. The number of aryl methyl sites for hydroxylation is 1.